The van der Waals surface area contributed by atoms with Crippen molar-refractivity contribution in [1.82, 2.24) is 0 Å². The molecule has 2 nitrogen and oxygen atoms in total. The van der Waals surface area contributed by atoms with Gasteiger partial charge in [-0.25, -0.2) is 0 Å². The minimum atomic E-state index is 0.739. The predicted molar refractivity (Wildman–Crippen MR) is 101 cm³/mol. The van der Waals surface area contributed by atoms with Crippen LogP contribution in [0.15, 0.2) is 36.4 Å². The van der Waals surface area contributed by atoms with Crippen molar-refractivity contribution in [3.05, 3.63) is 58.7 Å². The van der Waals surface area contributed by atoms with Gasteiger partial charge in [-0.3, -0.25) is 0 Å². The maximum atomic E-state index is 5.65. The number of thiocarbonyl (C=S) groups is 1. The standard InChI is InChI=1S/C19H24N2S/c1-6-21(17-9-7-8-13(2)12-17)19(22)20-18-15(4)10-14(3)11-16(18)5/h7-12H,6H2,1-5H3,(H,20,22). The Morgan fingerprint density at radius 2 is 1.64 bits per heavy atom. The Hall–Kier alpha value is -1.87. The van der Waals surface area contributed by atoms with Gasteiger partial charge in [0, 0.05) is 17.9 Å². The number of hydrogen-bond donors (Lipinski definition) is 1. The molecule has 3 heteroatoms. The lowest BCUT2D eigenvalue weighted by Crippen LogP contribution is -2.35. The summed E-state index contributed by atoms with van der Waals surface area (Å²) in [5, 5.41) is 4.17. The van der Waals surface area contributed by atoms with Crippen molar-refractivity contribution in [1.29, 1.82) is 0 Å². The van der Waals surface area contributed by atoms with E-state index in [1.165, 1.54) is 22.3 Å². The zero-order chi connectivity index (χ0) is 16.3. The number of nitrogens with zero attached hydrogens (tertiary/aromatic N) is 1. The second kappa shape index (κ2) is 6.93. The minimum Gasteiger partial charge on any atom is -0.332 e. The third-order valence-electron chi connectivity index (χ3n) is 3.78. The van der Waals surface area contributed by atoms with Crippen LogP contribution >= 0.6 is 12.2 Å². The molecule has 2 aromatic rings. The molecule has 0 aromatic heterocycles. The fourth-order valence-electron chi connectivity index (χ4n) is 2.79. The molecule has 0 spiro atoms. The van der Waals surface area contributed by atoms with Crippen LogP contribution in [0.5, 0.6) is 0 Å². The molecule has 0 unspecified atom stereocenters. The monoisotopic (exact) mass is 312 g/mol. The van der Waals surface area contributed by atoms with Gasteiger partial charge in [0.25, 0.3) is 0 Å². The summed E-state index contributed by atoms with van der Waals surface area (Å²) in [7, 11) is 0. The van der Waals surface area contributed by atoms with Crippen LogP contribution in [0.2, 0.25) is 0 Å². The van der Waals surface area contributed by atoms with E-state index in [1.54, 1.807) is 0 Å². The second-order valence-electron chi connectivity index (χ2n) is 5.79. The summed E-state index contributed by atoms with van der Waals surface area (Å²) in [6.45, 7) is 11.4. The first-order valence-corrected chi connectivity index (χ1v) is 8.06. The van der Waals surface area contributed by atoms with E-state index in [9.17, 15) is 0 Å². The summed E-state index contributed by atoms with van der Waals surface area (Å²) >= 11 is 5.65. The van der Waals surface area contributed by atoms with Gasteiger partial charge in [-0.1, -0.05) is 29.8 Å². The molecule has 0 aliphatic carbocycles. The van der Waals surface area contributed by atoms with E-state index in [0.717, 1.165) is 23.0 Å². The molecule has 2 rings (SSSR count). The van der Waals surface area contributed by atoms with E-state index in [1.807, 2.05) is 0 Å². The van der Waals surface area contributed by atoms with E-state index < -0.39 is 0 Å². The smallest absolute Gasteiger partial charge is 0.177 e. The number of nitrogens with one attached hydrogen (secondary N) is 1. The lowest BCUT2D eigenvalue weighted by atomic mass is 10.1. The van der Waals surface area contributed by atoms with Crippen molar-refractivity contribution < 1.29 is 0 Å². The Balaban J connectivity index is 2.27. The summed E-state index contributed by atoms with van der Waals surface area (Å²) in [5.41, 5.74) is 7.20. The van der Waals surface area contributed by atoms with Gasteiger partial charge in [-0.15, -0.1) is 0 Å². The van der Waals surface area contributed by atoms with Gasteiger partial charge in [0.2, 0.25) is 0 Å². The number of hydrogen-bond acceptors (Lipinski definition) is 1. The van der Waals surface area contributed by atoms with Crippen molar-refractivity contribution in [2.75, 3.05) is 16.8 Å². The van der Waals surface area contributed by atoms with Crippen LogP contribution in [0.25, 0.3) is 0 Å². The summed E-state index contributed by atoms with van der Waals surface area (Å²) in [6.07, 6.45) is 0. The highest BCUT2D eigenvalue weighted by molar-refractivity contribution is 7.80. The molecule has 2 aromatic carbocycles. The Labute approximate surface area is 139 Å². The topological polar surface area (TPSA) is 15.3 Å². The van der Waals surface area contributed by atoms with Gasteiger partial charge in [0.15, 0.2) is 5.11 Å². The molecule has 0 bridgehead atoms. The number of benzene rings is 2. The third-order valence-corrected chi connectivity index (χ3v) is 4.11. The summed E-state index contributed by atoms with van der Waals surface area (Å²) in [4.78, 5) is 2.13. The van der Waals surface area contributed by atoms with Crippen LogP contribution in [0, 0.1) is 27.7 Å². The maximum Gasteiger partial charge on any atom is 0.177 e. The number of rotatable bonds is 3. The van der Waals surface area contributed by atoms with Crippen LogP contribution in [-0.4, -0.2) is 11.7 Å². The molecule has 0 radical (unpaired) electrons. The second-order valence-corrected chi connectivity index (χ2v) is 6.17. The van der Waals surface area contributed by atoms with Gasteiger partial charge in [-0.2, -0.15) is 0 Å². The number of anilines is 2. The summed E-state index contributed by atoms with van der Waals surface area (Å²) < 4.78 is 0. The van der Waals surface area contributed by atoms with Crippen LogP contribution in [0.1, 0.15) is 29.2 Å². The fourth-order valence-corrected chi connectivity index (χ4v) is 3.13. The predicted octanol–water partition coefficient (Wildman–Crippen LogP) is 5.14. The highest BCUT2D eigenvalue weighted by Gasteiger charge is 2.13. The zero-order valence-corrected chi connectivity index (χ0v) is 14.8. The van der Waals surface area contributed by atoms with E-state index in [2.05, 4.69) is 81.2 Å². The Morgan fingerprint density at radius 3 is 2.18 bits per heavy atom. The third kappa shape index (κ3) is 3.66. The Morgan fingerprint density at radius 1 is 1.00 bits per heavy atom. The average molecular weight is 312 g/mol. The maximum absolute atomic E-state index is 5.65. The van der Waals surface area contributed by atoms with Gasteiger partial charge in [0.05, 0.1) is 0 Å². The van der Waals surface area contributed by atoms with Crippen molar-refractivity contribution in [3.8, 4) is 0 Å². The van der Waals surface area contributed by atoms with Crippen molar-refractivity contribution >= 4 is 28.7 Å². The molecule has 0 saturated heterocycles. The van der Waals surface area contributed by atoms with E-state index >= 15 is 0 Å². The molecular formula is C19H24N2S. The largest absolute Gasteiger partial charge is 0.332 e. The fraction of sp³-hybridized carbons (Fsp3) is 0.316. The molecule has 0 heterocycles. The van der Waals surface area contributed by atoms with Crippen LogP contribution < -0.4 is 10.2 Å². The van der Waals surface area contributed by atoms with Gasteiger partial charge < -0.3 is 10.2 Å². The Kier molecular flexibility index (Phi) is 5.19. The van der Waals surface area contributed by atoms with Crippen molar-refractivity contribution in [3.63, 3.8) is 0 Å². The van der Waals surface area contributed by atoms with Crippen molar-refractivity contribution in [2.24, 2.45) is 0 Å². The molecule has 0 atom stereocenters. The van der Waals surface area contributed by atoms with E-state index in [-0.39, 0.29) is 0 Å². The normalized spacial score (nSPS) is 10.4. The first kappa shape index (κ1) is 16.5. The zero-order valence-electron chi connectivity index (χ0n) is 14.0. The quantitative estimate of drug-likeness (QED) is 0.790. The van der Waals surface area contributed by atoms with E-state index in [4.69, 9.17) is 12.2 Å². The number of aryl methyl sites for hydroxylation is 4. The first-order chi connectivity index (χ1) is 10.4. The van der Waals surface area contributed by atoms with Gasteiger partial charge in [-0.05, 0) is 75.7 Å². The molecule has 0 amide bonds. The molecule has 1 N–H and O–H groups in total. The minimum absolute atomic E-state index is 0.739. The lowest BCUT2D eigenvalue weighted by Gasteiger charge is -2.26. The van der Waals surface area contributed by atoms with Gasteiger partial charge in [0.1, 0.15) is 0 Å². The lowest BCUT2D eigenvalue weighted by molar-refractivity contribution is 1.06. The Bertz CT molecular complexity index is 669. The molecule has 116 valence electrons. The SMILES string of the molecule is CCN(C(=S)Nc1c(C)cc(C)cc1C)c1cccc(C)c1. The molecule has 0 saturated carbocycles. The van der Waals surface area contributed by atoms with E-state index in [0.29, 0.717) is 0 Å². The average Bonchev–Trinajstić information content (AvgIpc) is 2.43. The molecule has 0 fully saturated rings. The highest BCUT2D eigenvalue weighted by atomic mass is 32.1. The van der Waals surface area contributed by atoms with Gasteiger partial charge >= 0.3 is 0 Å². The molecule has 0 aliphatic rings. The van der Waals surface area contributed by atoms with Crippen LogP contribution in [0.3, 0.4) is 0 Å². The first-order valence-electron chi connectivity index (χ1n) is 7.65. The van der Waals surface area contributed by atoms with Crippen LogP contribution in [0.4, 0.5) is 11.4 Å². The summed E-state index contributed by atoms with van der Waals surface area (Å²) in [5.74, 6) is 0. The molecular weight excluding hydrogens is 288 g/mol. The summed E-state index contributed by atoms with van der Waals surface area (Å²) in [6, 6.07) is 12.8. The highest BCUT2D eigenvalue weighted by Crippen LogP contribution is 2.24. The molecule has 0 aliphatic heterocycles. The molecule has 22 heavy (non-hydrogen) atoms. The van der Waals surface area contributed by atoms with Crippen LogP contribution in [-0.2, 0) is 0 Å². The van der Waals surface area contributed by atoms with Crippen molar-refractivity contribution in [2.45, 2.75) is 34.6 Å².